The van der Waals surface area contributed by atoms with Crippen molar-refractivity contribution in [1.82, 2.24) is 13.5 Å². The molecular formula is C40H61N4O2+3. The van der Waals surface area contributed by atoms with Crippen LogP contribution < -0.4 is 8.97 Å². The third kappa shape index (κ3) is 6.49. The summed E-state index contributed by atoms with van der Waals surface area (Å²) in [6, 6.07) is 14.9. The summed E-state index contributed by atoms with van der Waals surface area (Å²) in [7, 11) is 7.36. The highest BCUT2D eigenvalue weighted by molar-refractivity contribution is 6.10. The second-order valence-electron chi connectivity index (χ2n) is 15.3. The van der Waals surface area contributed by atoms with Crippen LogP contribution in [-0.4, -0.2) is 95.9 Å². The average Bonchev–Trinajstić information content (AvgIpc) is 3.40. The van der Waals surface area contributed by atoms with Crippen molar-refractivity contribution < 1.29 is 14.0 Å². The predicted molar refractivity (Wildman–Crippen MR) is 196 cm³/mol. The molecule has 2 aromatic carbocycles. The molecule has 0 saturated carbocycles. The molecule has 250 valence electrons. The molecular weight excluding hydrogens is 568 g/mol. The number of quaternary nitrogens is 3. The smallest absolute Gasteiger partial charge is 0.192 e. The monoisotopic (exact) mass is 629 g/mol. The maximum Gasteiger partial charge on any atom is 0.192 e. The van der Waals surface area contributed by atoms with Gasteiger partial charge in [0.05, 0.1) is 84.7 Å². The Morgan fingerprint density at radius 2 is 1.20 bits per heavy atom. The van der Waals surface area contributed by atoms with Crippen molar-refractivity contribution in [3.05, 3.63) is 61.7 Å². The van der Waals surface area contributed by atoms with E-state index in [4.69, 9.17) is 9.47 Å². The van der Waals surface area contributed by atoms with E-state index >= 15 is 0 Å². The number of aromatic nitrogens is 1. The van der Waals surface area contributed by atoms with Gasteiger partial charge < -0.3 is 14.0 Å². The van der Waals surface area contributed by atoms with Crippen molar-refractivity contribution in [3.63, 3.8) is 0 Å². The summed E-state index contributed by atoms with van der Waals surface area (Å²) < 4.78 is 17.8. The Balaban J connectivity index is 1.48. The topological polar surface area (TPSA) is 23.4 Å². The zero-order valence-electron chi connectivity index (χ0n) is 29.4. The van der Waals surface area contributed by atoms with Gasteiger partial charge in [-0.25, -0.2) is 0 Å². The van der Waals surface area contributed by atoms with Crippen LogP contribution in [0.5, 0.6) is 0 Å². The van der Waals surface area contributed by atoms with Gasteiger partial charge in [0.2, 0.25) is 0 Å². The highest BCUT2D eigenvalue weighted by Crippen LogP contribution is 2.42. The summed E-state index contributed by atoms with van der Waals surface area (Å²) in [6.45, 7) is 20.0. The van der Waals surface area contributed by atoms with Crippen LogP contribution in [0.3, 0.4) is 0 Å². The van der Waals surface area contributed by atoms with E-state index in [-0.39, 0.29) is 6.17 Å². The van der Waals surface area contributed by atoms with Gasteiger partial charge in [0.25, 0.3) is 0 Å². The van der Waals surface area contributed by atoms with E-state index in [1.54, 1.807) is 0 Å². The Morgan fingerprint density at radius 3 is 1.65 bits per heavy atom. The molecule has 1 unspecified atom stereocenters. The molecule has 3 aliphatic rings. The first-order valence-electron chi connectivity index (χ1n) is 18.3. The fourth-order valence-electron chi connectivity index (χ4n) is 8.84. The van der Waals surface area contributed by atoms with Crippen LogP contribution in [0.2, 0.25) is 0 Å². The van der Waals surface area contributed by atoms with E-state index < -0.39 is 0 Å². The van der Waals surface area contributed by atoms with Gasteiger partial charge in [0.1, 0.15) is 18.0 Å². The predicted octanol–water partition coefficient (Wildman–Crippen LogP) is 8.04. The van der Waals surface area contributed by atoms with Crippen LogP contribution in [0.25, 0.3) is 21.8 Å². The molecule has 3 aromatic rings. The van der Waals surface area contributed by atoms with Crippen molar-refractivity contribution in [2.45, 2.75) is 58.0 Å². The number of nitrogens with zero attached hydrogens (tertiary/aromatic N) is 4. The molecule has 46 heavy (non-hydrogen) atoms. The Labute approximate surface area is 278 Å². The zero-order valence-corrected chi connectivity index (χ0v) is 29.4. The van der Waals surface area contributed by atoms with E-state index in [0.29, 0.717) is 31.7 Å². The molecule has 1 aromatic heterocycles. The van der Waals surface area contributed by atoms with Gasteiger partial charge in [-0.3, -0.25) is 13.5 Å². The number of likely N-dealkylation sites (N-methyl/N-ethyl adjacent to an activating group) is 1. The number of piperidine rings is 3. The van der Waals surface area contributed by atoms with E-state index in [1.165, 1.54) is 91.2 Å². The minimum atomic E-state index is 0.208. The number of rotatable bonds is 12. The van der Waals surface area contributed by atoms with Crippen LogP contribution in [0.1, 0.15) is 58.0 Å². The SMILES string of the molecule is C=CC1CC[N+](C)(c2ccc3c(c2)c2cc([N+]4(C)CCC(C=C)CC4)ccc2n3C(COCCOCC)[N+]2(C)CCCCC2)CC1. The Morgan fingerprint density at radius 1 is 0.717 bits per heavy atom. The summed E-state index contributed by atoms with van der Waals surface area (Å²) in [5.74, 6) is 1.29. The summed E-state index contributed by atoms with van der Waals surface area (Å²) >= 11 is 0. The second kappa shape index (κ2) is 13.9. The van der Waals surface area contributed by atoms with Crippen molar-refractivity contribution in [3.8, 4) is 0 Å². The first-order valence-corrected chi connectivity index (χ1v) is 18.3. The highest BCUT2D eigenvalue weighted by Gasteiger charge is 2.39. The third-order valence-electron chi connectivity index (χ3n) is 12.4. The number of likely N-dealkylation sites (tertiary alicyclic amines) is 3. The quantitative estimate of drug-likeness (QED) is 0.115. The van der Waals surface area contributed by atoms with Crippen molar-refractivity contribution in [2.24, 2.45) is 11.8 Å². The molecule has 0 amide bonds. The summed E-state index contributed by atoms with van der Waals surface area (Å²) in [6.07, 6.45) is 13.3. The first-order chi connectivity index (χ1) is 22.2. The molecule has 1 atom stereocenters. The second-order valence-corrected chi connectivity index (χ2v) is 15.3. The largest absolute Gasteiger partial charge is 0.379 e. The van der Waals surface area contributed by atoms with E-state index in [9.17, 15) is 0 Å². The Hall–Kier alpha value is -2.48. The van der Waals surface area contributed by atoms with Crippen molar-refractivity contribution >= 4 is 33.2 Å². The first kappa shape index (κ1) is 33.4. The van der Waals surface area contributed by atoms with Gasteiger partial charge in [0, 0.05) is 67.3 Å². The average molecular weight is 630 g/mol. The molecule has 4 heterocycles. The van der Waals surface area contributed by atoms with E-state index in [2.05, 4.69) is 94.3 Å². The molecule has 0 radical (unpaired) electrons. The number of allylic oxidation sites excluding steroid dienone is 2. The lowest BCUT2D eigenvalue weighted by atomic mass is 9.94. The number of hydrogen-bond donors (Lipinski definition) is 0. The van der Waals surface area contributed by atoms with Crippen molar-refractivity contribution in [2.75, 3.05) is 86.8 Å². The van der Waals surface area contributed by atoms with Gasteiger partial charge >= 0.3 is 0 Å². The molecule has 6 heteroatoms. The van der Waals surface area contributed by atoms with Crippen molar-refractivity contribution in [1.29, 1.82) is 0 Å². The maximum absolute atomic E-state index is 6.47. The minimum Gasteiger partial charge on any atom is -0.379 e. The summed E-state index contributed by atoms with van der Waals surface area (Å²) in [5.41, 5.74) is 5.57. The van der Waals surface area contributed by atoms with Gasteiger partial charge in [-0.05, 0) is 50.2 Å². The molecule has 3 fully saturated rings. The molecule has 0 aliphatic carbocycles. The molecule has 6 nitrogen and oxygen atoms in total. The fourth-order valence-corrected chi connectivity index (χ4v) is 8.84. The zero-order chi connectivity index (χ0) is 32.4. The van der Waals surface area contributed by atoms with Crippen LogP contribution in [0.15, 0.2) is 61.7 Å². The molecule has 0 spiro atoms. The number of fused-ring (bicyclic) bond motifs is 3. The third-order valence-corrected chi connectivity index (χ3v) is 12.4. The summed E-state index contributed by atoms with van der Waals surface area (Å²) in [4.78, 5) is 0. The standard InChI is InChI=1S/C40H61N4O2/c1-7-32-17-23-42(4,24-18-32)34-13-15-38-36(29-34)37-30-35(43(5)25-19-33(8-2)20-26-43)14-16-39(37)41(38)40(31-46-28-27-45-9-3)44(6)21-11-10-12-22-44/h7-8,13-16,29-30,32-33,40H,1-2,9-12,17-28,31H2,3-6H3/q+3. The lowest BCUT2D eigenvalue weighted by molar-refractivity contribution is -0.952. The van der Waals surface area contributed by atoms with E-state index in [1.807, 2.05) is 0 Å². The number of hydrogen-bond acceptors (Lipinski definition) is 2. The summed E-state index contributed by atoms with van der Waals surface area (Å²) in [5, 5.41) is 2.80. The Bertz CT molecular complexity index is 1410. The number of benzene rings is 2. The van der Waals surface area contributed by atoms with Gasteiger partial charge in [-0.15, -0.1) is 13.2 Å². The van der Waals surface area contributed by atoms with Gasteiger partial charge in [-0.2, -0.15) is 0 Å². The lowest BCUT2D eigenvalue weighted by Crippen LogP contribution is -2.54. The van der Waals surface area contributed by atoms with Gasteiger partial charge in [-0.1, -0.05) is 12.2 Å². The van der Waals surface area contributed by atoms with Crippen LogP contribution in [0.4, 0.5) is 11.4 Å². The Kier molecular flexibility index (Phi) is 10.1. The molecule has 0 bridgehead atoms. The minimum absolute atomic E-state index is 0.208. The molecule has 0 N–H and O–H groups in total. The molecule has 3 saturated heterocycles. The van der Waals surface area contributed by atoms with Crippen LogP contribution in [0, 0.1) is 11.8 Å². The maximum atomic E-state index is 6.47. The fraction of sp³-hybridized carbons (Fsp3) is 0.600. The van der Waals surface area contributed by atoms with Crippen LogP contribution >= 0.6 is 0 Å². The van der Waals surface area contributed by atoms with E-state index in [0.717, 1.165) is 46.2 Å². The number of ether oxygens (including phenoxy) is 2. The van der Waals surface area contributed by atoms with Gasteiger partial charge in [0.15, 0.2) is 6.17 Å². The molecule has 3 aliphatic heterocycles. The highest BCUT2D eigenvalue weighted by atomic mass is 16.5. The lowest BCUT2D eigenvalue weighted by Gasteiger charge is -2.45. The van der Waals surface area contributed by atoms with Crippen LogP contribution in [-0.2, 0) is 9.47 Å². The molecule has 6 rings (SSSR count). The normalized spacial score (nSPS) is 29.1.